The standard InChI is InChI=1S/C28H29FN6O2/c1-16-6-7-34(28(16)37)26-8-17(2)25(14-31-26)18(3)35-15-21(13-32-35)27(36)33-23-9-20(10-23)24-11-22(29)5-4-19(24)12-30/h4-5,8,11,13-16,18,20,23H,6-7,9-10H2,1-3H3,(H,33,36)/t16-,18?,20-,23+/m0/s1. The Morgan fingerprint density at radius 2 is 2.05 bits per heavy atom. The quantitative estimate of drug-likeness (QED) is 0.545. The first kappa shape index (κ1) is 24.6. The Hall–Kier alpha value is -4.06. The molecule has 190 valence electrons. The Kier molecular flexibility index (Phi) is 6.50. The van der Waals surface area contributed by atoms with Crippen molar-refractivity contribution >= 4 is 17.6 Å². The van der Waals surface area contributed by atoms with Crippen LogP contribution in [-0.2, 0) is 4.79 Å². The minimum absolute atomic E-state index is 0.0246. The van der Waals surface area contributed by atoms with Crippen LogP contribution in [0.3, 0.4) is 0 Å². The van der Waals surface area contributed by atoms with Crippen molar-refractivity contribution in [3.8, 4) is 6.07 Å². The van der Waals surface area contributed by atoms with Gasteiger partial charge < -0.3 is 5.32 Å². The molecule has 0 bridgehead atoms. The molecule has 1 aliphatic carbocycles. The number of aryl methyl sites for hydroxylation is 1. The summed E-state index contributed by atoms with van der Waals surface area (Å²) in [5.74, 6) is 0.278. The number of halogens is 1. The van der Waals surface area contributed by atoms with Crippen LogP contribution in [0.1, 0.15) is 77.7 Å². The van der Waals surface area contributed by atoms with Crippen molar-refractivity contribution in [2.45, 2.75) is 58.0 Å². The van der Waals surface area contributed by atoms with Gasteiger partial charge in [0.05, 0.1) is 29.4 Å². The van der Waals surface area contributed by atoms with Gasteiger partial charge in [-0.15, -0.1) is 0 Å². The second-order valence-electron chi connectivity index (χ2n) is 10.1. The third-order valence-electron chi connectivity index (χ3n) is 7.64. The summed E-state index contributed by atoms with van der Waals surface area (Å²) in [6.45, 7) is 6.60. The van der Waals surface area contributed by atoms with Gasteiger partial charge in [-0.1, -0.05) is 6.92 Å². The molecule has 5 rings (SSSR count). The van der Waals surface area contributed by atoms with Crippen molar-refractivity contribution in [1.29, 1.82) is 5.26 Å². The highest BCUT2D eigenvalue weighted by Gasteiger charge is 2.34. The summed E-state index contributed by atoms with van der Waals surface area (Å²) in [5.41, 5.74) is 3.60. The summed E-state index contributed by atoms with van der Waals surface area (Å²) >= 11 is 0. The first-order chi connectivity index (χ1) is 17.7. The van der Waals surface area contributed by atoms with E-state index in [2.05, 4.69) is 21.5 Å². The predicted octanol–water partition coefficient (Wildman–Crippen LogP) is 4.26. The first-order valence-corrected chi connectivity index (χ1v) is 12.6. The monoisotopic (exact) mass is 500 g/mol. The van der Waals surface area contributed by atoms with Gasteiger partial charge in [-0.25, -0.2) is 9.37 Å². The molecule has 1 aromatic carbocycles. The number of hydrogen-bond donors (Lipinski definition) is 1. The first-order valence-electron chi connectivity index (χ1n) is 12.6. The Labute approximate surface area is 215 Å². The average molecular weight is 501 g/mol. The Bertz CT molecular complexity index is 1400. The number of anilines is 1. The fourth-order valence-corrected chi connectivity index (χ4v) is 5.23. The van der Waals surface area contributed by atoms with Gasteiger partial charge in [0.2, 0.25) is 5.91 Å². The van der Waals surface area contributed by atoms with Gasteiger partial charge in [-0.05, 0) is 80.0 Å². The molecule has 1 unspecified atom stereocenters. The van der Waals surface area contributed by atoms with Gasteiger partial charge in [0.1, 0.15) is 11.6 Å². The normalized spacial score (nSPS) is 21.9. The molecule has 2 atom stereocenters. The molecule has 37 heavy (non-hydrogen) atoms. The summed E-state index contributed by atoms with van der Waals surface area (Å²) in [4.78, 5) is 31.5. The topological polar surface area (TPSA) is 104 Å². The lowest BCUT2D eigenvalue weighted by Gasteiger charge is -2.36. The van der Waals surface area contributed by atoms with E-state index in [-0.39, 0.29) is 41.6 Å². The van der Waals surface area contributed by atoms with E-state index in [1.165, 1.54) is 18.2 Å². The van der Waals surface area contributed by atoms with Gasteiger partial charge >= 0.3 is 0 Å². The molecule has 2 aromatic heterocycles. The van der Waals surface area contributed by atoms with Gasteiger partial charge in [0.25, 0.3) is 5.91 Å². The lowest BCUT2D eigenvalue weighted by atomic mass is 9.74. The maximum Gasteiger partial charge on any atom is 0.254 e. The van der Waals surface area contributed by atoms with E-state index < -0.39 is 0 Å². The zero-order valence-corrected chi connectivity index (χ0v) is 21.1. The fraction of sp³-hybridized carbons (Fsp3) is 0.393. The van der Waals surface area contributed by atoms with Crippen molar-refractivity contribution < 1.29 is 14.0 Å². The molecule has 8 nitrogen and oxygen atoms in total. The molecular formula is C28H29FN6O2. The highest BCUT2D eigenvalue weighted by Crippen LogP contribution is 2.39. The third kappa shape index (κ3) is 4.71. The van der Waals surface area contributed by atoms with Crippen LogP contribution in [-0.4, -0.2) is 39.2 Å². The van der Waals surface area contributed by atoms with E-state index >= 15 is 0 Å². The lowest BCUT2D eigenvalue weighted by molar-refractivity contribution is -0.119. The molecular weight excluding hydrogens is 471 g/mol. The van der Waals surface area contributed by atoms with E-state index in [1.807, 2.05) is 26.8 Å². The van der Waals surface area contributed by atoms with Crippen LogP contribution >= 0.6 is 0 Å². The zero-order chi connectivity index (χ0) is 26.3. The molecule has 2 aliphatic rings. The highest BCUT2D eigenvalue weighted by molar-refractivity contribution is 5.96. The van der Waals surface area contributed by atoms with E-state index in [0.29, 0.717) is 41.9 Å². The van der Waals surface area contributed by atoms with Crippen LogP contribution in [0.4, 0.5) is 10.2 Å². The lowest BCUT2D eigenvalue weighted by Crippen LogP contribution is -2.43. The number of aromatic nitrogens is 3. The SMILES string of the molecule is Cc1cc(N2CC[C@H](C)C2=O)ncc1C(C)n1cc(C(=O)N[C@H]2C[C@@H](c3cc(F)ccc3C#N)C2)cn1. The number of pyridine rings is 1. The molecule has 3 heterocycles. The largest absolute Gasteiger partial charge is 0.349 e. The second kappa shape index (κ2) is 9.77. The van der Waals surface area contributed by atoms with Crippen LogP contribution in [0, 0.1) is 30.0 Å². The number of hydrogen-bond acceptors (Lipinski definition) is 5. The molecule has 3 aromatic rings. The van der Waals surface area contributed by atoms with Crippen molar-refractivity contribution in [3.05, 3.63) is 76.5 Å². The Morgan fingerprint density at radius 3 is 2.73 bits per heavy atom. The van der Waals surface area contributed by atoms with Gasteiger partial charge in [0, 0.05) is 30.9 Å². The number of carbonyl (C=O) groups is 2. The van der Waals surface area contributed by atoms with Crippen molar-refractivity contribution in [3.63, 3.8) is 0 Å². The maximum atomic E-state index is 13.7. The van der Waals surface area contributed by atoms with Crippen molar-refractivity contribution in [2.75, 3.05) is 11.4 Å². The van der Waals surface area contributed by atoms with Crippen molar-refractivity contribution in [2.24, 2.45) is 5.92 Å². The predicted molar refractivity (Wildman–Crippen MR) is 135 cm³/mol. The van der Waals surface area contributed by atoms with Crippen LogP contribution in [0.15, 0.2) is 42.9 Å². The number of carbonyl (C=O) groups excluding carboxylic acids is 2. The summed E-state index contributed by atoms with van der Waals surface area (Å²) < 4.78 is 15.4. The average Bonchev–Trinajstić information content (AvgIpc) is 3.48. The van der Waals surface area contributed by atoms with Gasteiger partial charge in [0.15, 0.2) is 0 Å². The van der Waals surface area contributed by atoms with E-state index in [4.69, 9.17) is 0 Å². The second-order valence-corrected chi connectivity index (χ2v) is 10.1. The number of nitrogens with zero attached hydrogens (tertiary/aromatic N) is 5. The smallest absolute Gasteiger partial charge is 0.254 e. The fourth-order valence-electron chi connectivity index (χ4n) is 5.23. The number of benzene rings is 1. The Morgan fingerprint density at radius 1 is 1.27 bits per heavy atom. The van der Waals surface area contributed by atoms with E-state index in [0.717, 1.165) is 17.5 Å². The highest BCUT2D eigenvalue weighted by atomic mass is 19.1. The van der Waals surface area contributed by atoms with Crippen molar-refractivity contribution in [1.82, 2.24) is 20.1 Å². The summed E-state index contributed by atoms with van der Waals surface area (Å²) in [6, 6.07) is 8.07. The molecule has 1 aliphatic heterocycles. The van der Waals surface area contributed by atoms with Crippen LogP contribution in [0.5, 0.6) is 0 Å². The molecule has 1 N–H and O–H groups in total. The zero-order valence-electron chi connectivity index (χ0n) is 21.1. The van der Waals surface area contributed by atoms with Gasteiger partial charge in [-0.3, -0.25) is 19.2 Å². The molecule has 2 fully saturated rings. The molecule has 0 radical (unpaired) electrons. The van der Waals surface area contributed by atoms with Gasteiger partial charge in [-0.2, -0.15) is 10.4 Å². The number of nitriles is 1. The molecule has 9 heteroatoms. The van der Waals surface area contributed by atoms with Crippen LogP contribution in [0.25, 0.3) is 0 Å². The minimum Gasteiger partial charge on any atom is -0.349 e. The molecule has 1 saturated heterocycles. The molecule has 0 spiro atoms. The molecule has 2 amide bonds. The number of amides is 2. The number of nitrogens with one attached hydrogen (secondary N) is 1. The summed E-state index contributed by atoms with van der Waals surface area (Å²) in [6.07, 6.45) is 7.19. The number of rotatable bonds is 6. The summed E-state index contributed by atoms with van der Waals surface area (Å²) in [5, 5.41) is 16.7. The molecule has 1 saturated carbocycles. The van der Waals surface area contributed by atoms with Crippen LogP contribution in [0.2, 0.25) is 0 Å². The maximum absolute atomic E-state index is 13.7. The minimum atomic E-state index is -0.359. The van der Waals surface area contributed by atoms with E-state index in [9.17, 15) is 19.2 Å². The summed E-state index contributed by atoms with van der Waals surface area (Å²) in [7, 11) is 0. The van der Waals surface area contributed by atoms with Crippen LogP contribution < -0.4 is 10.2 Å². The third-order valence-corrected chi connectivity index (χ3v) is 7.64. The Balaban J connectivity index is 1.21. The van der Waals surface area contributed by atoms with E-state index in [1.54, 1.807) is 28.2 Å².